The minimum absolute atomic E-state index is 0.0213. The fraction of sp³-hybridized carbons (Fsp3) is 0.583. The molecule has 128 valence electrons. The maximum absolute atomic E-state index is 11.9. The fourth-order valence-electron chi connectivity index (χ4n) is 2.03. The second-order valence-corrected chi connectivity index (χ2v) is 6.82. The molecule has 0 radical (unpaired) electrons. The Labute approximate surface area is 134 Å². The highest BCUT2D eigenvalue weighted by Crippen LogP contribution is 2.12. The average molecular weight is 345 g/mol. The number of hydrogen-bond donors (Lipinski definition) is 1. The van der Waals surface area contributed by atoms with Gasteiger partial charge >= 0.3 is 12.1 Å². The second-order valence-electron chi connectivity index (χ2n) is 4.91. The van der Waals surface area contributed by atoms with Crippen molar-refractivity contribution in [3.05, 3.63) is 18.7 Å². The van der Waals surface area contributed by atoms with Crippen LogP contribution in [0.3, 0.4) is 0 Å². The molecule has 1 aliphatic heterocycles. The number of sulfonamides is 1. The van der Waals surface area contributed by atoms with Crippen LogP contribution in [0.15, 0.2) is 18.7 Å². The summed E-state index contributed by atoms with van der Waals surface area (Å²) in [5, 5.41) is 2.52. The van der Waals surface area contributed by atoms with Crippen LogP contribution in [0, 0.1) is 0 Å². The van der Waals surface area contributed by atoms with E-state index in [0.717, 1.165) is 11.2 Å². The van der Waals surface area contributed by atoms with E-state index >= 15 is 0 Å². The molecule has 1 saturated heterocycles. The van der Waals surface area contributed by atoms with Gasteiger partial charge in [-0.1, -0.05) is 0 Å². The van der Waals surface area contributed by atoms with Crippen LogP contribution in [0.4, 0.5) is 9.59 Å². The largest absolute Gasteiger partial charge is 0.378 e. The third kappa shape index (κ3) is 4.66. The molecule has 11 heteroatoms. The van der Waals surface area contributed by atoms with Crippen LogP contribution in [-0.2, 0) is 21.3 Å². The highest BCUT2D eigenvalue weighted by atomic mass is 32.2. The van der Waals surface area contributed by atoms with Crippen molar-refractivity contribution in [2.45, 2.75) is 6.54 Å². The van der Waals surface area contributed by atoms with E-state index in [4.69, 9.17) is 4.74 Å². The molecule has 0 spiro atoms. The molecule has 0 unspecified atom stereocenters. The zero-order chi connectivity index (χ0) is 16.9. The van der Waals surface area contributed by atoms with Gasteiger partial charge in [0.25, 0.3) is 0 Å². The lowest BCUT2D eigenvalue weighted by Gasteiger charge is -2.16. The number of nitrogens with one attached hydrogen (secondary N) is 1. The molecule has 0 atom stereocenters. The third-order valence-corrected chi connectivity index (χ3v) is 4.33. The molecule has 0 aromatic carbocycles. The van der Waals surface area contributed by atoms with E-state index in [1.165, 1.54) is 0 Å². The summed E-state index contributed by atoms with van der Waals surface area (Å²) in [6, 6.07) is -1.45. The van der Waals surface area contributed by atoms with Crippen molar-refractivity contribution < 1.29 is 22.7 Å². The maximum atomic E-state index is 11.9. The number of hydrogen-bond acceptors (Lipinski definition) is 6. The zero-order valence-electron chi connectivity index (χ0n) is 12.7. The zero-order valence-corrected chi connectivity index (χ0v) is 13.5. The van der Waals surface area contributed by atoms with Gasteiger partial charge in [0.05, 0.1) is 38.9 Å². The SMILES string of the molecule is CS(=O)(=O)N1CCN(C(=O)NCCOCCn2ccnc2)C1=O. The van der Waals surface area contributed by atoms with Crippen molar-refractivity contribution in [1.29, 1.82) is 0 Å². The van der Waals surface area contributed by atoms with Crippen molar-refractivity contribution in [1.82, 2.24) is 24.1 Å². The number of carbonyl (C=O) groups is 2. The first-order chi connectivity index (χ1) is 10.9. The summed E-state index contributed by atoms with van der Waals surface area (Å²) in [5.41, 5.74) is 0. The fourth-order valence-corrected chi connectivity index (χ4v) is 2.82. The summed E-state index contributed by atoms with van der Waals surface area (Å²) >= 11 is 0. The van der Waals surface area contributed by atoms with E-state index in [-0.39, 0.29) is 26.2 Å². The molecule has 4 amide bonds. The molecule has 10 nitrogen and oxygen atoms in total. The number of imidazole rings is 1. The summed E-state index contributed by atoms with van der Waals surface area (Å²) < 4.78 is 30.6. The average Bonchev–Trinajstić information content (AvgIpc) is 3.11. The van der Waals surface area contributed by atoms with Gasteiger partial charge in [0, 0.05) is 25.5 Å². The minimum atomic E-state index is -3.64. The molecule has 23 heavy (non-hydrogen) atoms. The molecular formula is C12H19N5O5S. The standard InChI is InChI=1S/C12H19N5O5S/c1-23(20,21)17-6-5-16(12(17)19)11(18)14-3-8-22-9-7-15-4-2-13-10-15/h2,4,10H,3,5-9H2,1H3,(H,14,18). The Morgan fingerprint density at radius 2 is 2.17 bits per heavy atom. The molecular weight excluding hydrogens is 326 g/mol. The Balaban J connectivity index is 1.64. The summed E-state index contributed by atoms with van der Waals surface area (Å²) in [5.74, 6) is 0. The van der Waals surface area contributed by atoms with Gasteiger partial charge < -0.3 is 14.6 Å². The molecule has 1 aromatic heterocycles. The van der Waals surface area contributed by atoms with Crippen molar-refractivity contribution in [2.75, 3.05) is 39.1 Å². The number of aromatic nitrogens is 2. The number of amides is 4. The van der Waals surface area contributed by atoms with E-state index in [1.54, 1.807) is 12.5 Å². The monoisotopic (exact) mass is 345 g/mol. The predicted molar refractivity (Wildman–Crippen MR) is 80.1 cm³/mol. The number of rotatable bonds is 7. The second kappa shape index (κ2) is 7.42. The number of imide groups is 1. The lowest BCUT2D eigenvalue weighted by molar-refractivity contribution is 0.127. The quantitative estimate of drug-likeness (QED) is 0.654. The number of urea groups is 2. The lowest BCUT2D eigenvalue weighted by Crippen LogP contribution is -2.44. The Morgan fingerprint density at radius 1 is 1.39 bits per heavy atom. The van der Waals surface area contributed by atoms with Gasteiger partial charge in [-0.15, -0.1) is 0 Å². The van der Waals surface area contributed by atoms with E-state index in [1.807, 2.05) is 10.8 Å². The topological polar surface area (TPSA) is 114 Å². The molecule has 1 N–H and O–H groups in total. The third-order valence-electron chi connectivity index (χ3n) is 3.19. The van der Waals surface area contributed by atoms with Gasteiger partial charge in [0.2, 0.25) is 10.0 Å². The Bertz CT molecular complexity index is 645. The number of nitrogens with zero attached hydrogens (tertiary/aromatic N) is 4. The van der Waals surface area contributed by atoms with Gasteiger partial charge in [-0.3, -0.25) is 0 Å². The van der Waals surface area contributed by atoms with Crippen LogP contribution in [-0.4, -0.2) is 78.3 Å². The molecule has 1 aliphatic rings. The Kier molecular flexibility index (Phi) is 5.55. The van der Waals surface area contributed by atoms with Crippen LogP contribution < -0.4 is 5.32 Å². The molecule has 1 fully saturated rings. The van der Waals surface area contributed by atoms with E-state index in [2.05, 4.69) is 10.3 Å². The smallest absolute Gasteiger partial charge is 0.341 e. The summed E-state index contributed by atoms with van der Waals surface area (Å²) in [6.07, 6.45) is 6.10. The number of ether oxygens (including phenoxy) is 1. The molecule has 2 heterocycles. The van der Waals surface area contributed by atoms with E-state index < -0.39 is 22.1 Å². The Morgan fingerprint density at radius 3 is 2.78 bits per heavy atom. The van der Waals surface area contributed by atoms with Gasteiger partial charge in [-0.25, -0.2) is 32.2 Å². The van der Waals surface area contributed by atoms with Crippen LogP contribution in [0.2, 0.25) is 0 Å². The van der Waals surface area contributed by atoms with Crippen LogP contribution in [0.1, 0.15) is 0 Å². The highest BCUT2D eigenvalue weighted by Gasteiger charge is 2.37. The van der Waals surface area contributed by atoms with Crippen molar-refractivity contribution in [3.63, 3.8) is 0 Å². The van der Waals surface area contributed by atoms with Crippen molar-refractivity contribution in [2.24, 2.45) is 0 Å². The van der Waals surface area contributed by atoms with Gasteiger partial charge in [-0.05, 0) is 0 Å². The van der Waals surface area contributed by atoms with Gasteiger partial charge in [0.1, 0.15) is 0 Å². The highest BCUT2D eigenvalue weighted by molar-refractivity contribution is 7.88. The normalized spacial score (nSPS) is 15.3. The summed E-state index contributed by atoms with van der Waals surface area (Å²) in [7, 11) is -3.64. The van der Waals surface area contributed by atoms with E-state index in [0.29, 0.717) is 17.5 Å². The predicted octanol–water partition coefficient (Wildman–Crippen LogP) is -0.693. The molecule has 2 rings (SSSR count). The van der Waals surface area contributed by atoms with Crippen LogP contribution in [0.25, 0.3) is 0 Å². The summed E-state index contributed by atoms with van der Waals surface area (Å²) in [4.78, 5) is 28.5. The molecule has 0 saturated carbocycles. The van der Waals surface area contributed by atoms with Gasteiger partial charge in [0.15, 0.2) is 0 Å². The number of carbonyl (C=O) groups excluding carboxylic acids is 2. The maximum Gasteiger partial charge on any atom is 0.341 e. The first-order valence-electron chi connectivity index (χ1n) is 7.00. The van der Waals surface area contributed by atoms with Crippen LogP contribution in [0.5, 0.6) is 0 Å². The Hall–Kier alpha value is -2.14. The molecule has 1 aromatic rings. The van der Waals surface area contributed by atoms with Crippen molar-refractivity contribution >= 4 is 22.1 Å². The van der Waals surface area contributed by atoms with Crippen molar-refractivity contribution in [3.8, 4) is 0 Å². The summed E-state index contributed by atoms with van der Waals surface area (Å²) in [6.45, 7) is 1.66. The molecule has 0 aliphatic carbocycles. The first kappa shape index (κ1) is 17.2. The molecule has 0 bridgehead atoms. The van der Waals surface area contributed by atoms with E-state index in [9.17, 15) is 18.0 Å². The lowest BCUT2D eigenvalue weighted by atomic mass is 10.6. The minimum Gasteiger partial charge on any atom is -0.378 e. The first-order valence-corrected chi connectivity index (χ1v) is 8.85. The van der Waals surface area contributed by atoms with Gasteiger partial charge in [-0.2, -0.15) is 0 Å². The van der Waals surface area contributed by atoms with Crippen LogP contribution >= 0.6 is 0 Å².